The first-order valence-corrected chi connectivity index (χ1v) is 10.0. The normalized spacial score (nSPS) is 23.7. The van der Waals surface area contributed by atoms with E-state index >= 15 is 0 Å². The minimum Gasteiger partial charge on any atom is -0.331 e. The smallest absolute Gasteiger partial charge is 0.226 e. The first-order valence-electron chi connectivity index (χ1n) is 8.30. The fraction of sp³-hybridized carbons (Fsp3) is 0.500. The molecule has 1 saturated carbocycles. The molecule has 4 nitrogen and oxygen atoms in total. The Labute approximate surface area is 138 Å². The summed E-state index contributed by atoms with van der Waals surface area (Å²) in [5, 5.41) is 1.25. The van der Waals surface area contributed by atoms with Crippen molar-refractivity contribution in [3.8, 4) is 0 Å². The molecule has 0 N–H and O–H groups in total. The van der Waals surface area contributed by atoms with Crippen molar-refractivity contribution in [2.75, 3.05) is 5.75 Å². The van der Waals surface area contributed by atoms with Gasteiger partial charge in [0.05, 0.1) is 11.8 Å². The van der Waals surface area contributed by atoms with E-state index in [4.69, 9.17) is 0 Å². The molecule has 0 bridgehead atoms. The molecule has 5 heteroatoms. The highest BCUT2D eigenvalue weighted by Crippen LogP contribution is 2.28. The van der Waals surface area contributed by atoms with Crippen LogP contribution in [0.2, 0.25) is 0 Å². The summed E-state index contributed by atoms with van der Waals surface area (Å²) in [7, 11) is -3.17. The summed E-state index contributed by atoms with van der Waals surface area (Å²) < 4.78 is 23.5. The Morgan fingerprint density at radius 1 is 1.09 bits per heavy atom. The van der Waals surface area contributed by atoms with Crippen LogP contribution in [0.15, 0.2) is 41.8 Å². The van der Waals surface area contributed by atoms with Crippen molar-refractivity contribution in [1.82, 2.24) is 4.90 Å². The van der Waals surface area contributed by atoms with Crippen LogP contribution in [0.1, 0.15) is 37.7 Å². The molecule has 23 heavy (non-hydrogen) atoms. The fourth-order valence-corrected chi connectivity index (χ4v) is 4.78. The molecule has 3 rings (SSSR count). The third-order valence-corrected chi connectivity index (χ3v) is 6.12. The van der Waals surface area contributed by atoms with E-state index in [0.29, 0.717) is 6.54 Å². The predicted molar refractivity (Wildman–Crippen MR) is 90.3 cm³/mol. The van der Waals surface area contributed by atoms with Crippen molar-refractivity contribution in [2.24, 2.45) is 5.92 Å². The molecule has 0 spiro atoms. The lowest BCUT2D eigenvalue weighted by molar-refractivity contribution is -0.138. The molecule has 2 aliphatic rings. The minimum absolute atomic E-state index is 0.0122. The lowest BCUT2D eigenvalue weighted by Crippen LogP contribution is -2.44. The number of carbonyl (C=O) groups is 1. The van der Waals surface area contributed by atoms with E-state index in [1.807, 2.05) is 30.3 Å². The van der Waals surface area contributed by atoms with Crippen molar-refractivity contribution in [2.45, 2.75) is 44.7 Å². The van der Waals surface area contributed by atoms with Gasteiger partial charge in [-0.25, -0.2) is 8.42 Å². The quantitative estimate of drug-likeness (QED) is 0.851. The molecular formula is C18H23NO3S. The van der Waals surface area contributed by atoms with E-state index in [-0.39, 0.29) is 23.6 Å². The lowest BCUT2D eigenvalue weighted by Gasteiger charge is -2.32. The molecule has 0 saturated heterocycles. The number of sulfone groups is 1. The Kier molecular flexibility index (Phi) is 4.85. The number of benzene rings is 1. The highest BCUT2D eigenvalue weighted by atomic mass is 32.2. The zero-order valence-electron chi connectivity index (χ0n) is 13.2. The van der Waals surface area contributed by atoms with Gasteiger partial charge in [0.2, 0.25) is 5.91 Å². The van der Waals surface area contributed by atoms with Crippen LogP contribution in [-0.4, -0.2) is 31.0 Å². The Morgan fingerprint density at radius 3 is 2.39 bits per heavy atom. The van der Waals surface area contributed by atoms with Crippen molar-refractivity contribution in [1.29, 1.82) is 0 Å². The molecule has 1 aliphatic carbocycles. The maximum Gasteiger partial charge on any atom is 0.226 e. The molecule has 1 amide bonds. The van der Waals surface area contributed by atoms with Gasteiger partial charge >= 0.3 is 0 Å². The maximum absolute atomic E-state index is 13.0. The summed E-state index contributed by atoms with van der Waals surface area (Å²) in [5.74, 6) is 0.169. The first kappa shape index (κ1) is 16.2. The minimum atomic E-state index is -3.17. The molecule has 0 radical (unpaired) electrons. The third kappa shape index (κ3) is 4.02. The number of rotatable bonds is 4. The highest BCUT2D eigenvalue weighted by Gasteiger charge is 2.34. The highest BCUT2D eigenvalue weighted by molar-refractivity contribution is 7.94. The van der Waals surface area contributed by atoms with Crippen LogP contribution in [0, 0.1) is 5.92 Å². The lowest BCUT2D eigenvalue weighted by atomic mass is 9.88. The molecule has 124 valence electrons. The molecule has 1 aromatic rings. The summed E-state index contributed by atoms with van der Waals surface area (Å²) in [4.78, 5) is 14.8. The first-order chi connectivity index (χ1) is 11.1. The number of hydrogen-bond acceptors (Lipinski definition) is 3. The van der Waals surface area contributed by atoms with Gasteiger partial charge < -0.3 is 4.90 Å². The van der Waals surface area contributed by atoms with Gasteiger partial charge in [-0.05, 0) is 24.5 Å². The molecule has 1 unspecified atom stereocenters. The van der Waals surface area contributed by atoms with Crippen LogP contribution >= 0.6 is 0 Å². The van der Waals surface area contributed by atoms with E-state index in [2.05, 4.69) is 0 Å². The summed E-state index contributed by atoms with van der Waals surface area (Å²) >= 11 is 0. The summed E-state index contributed by atoms with van der Waals surface area (Å²) in [5.41, 5.74) is 1.04. The second-order valence-corrected chi connectivity index (χ2v) is 8.44. The molecular weight excluding hydrogens is 310 g/mol. The van der Waals surface area contributed by atoms with Gasteiger partial charge in [-0.2, -0.15) is 0 Å². The average molecular weight is 333 g/mol. The number of hydrogen-bond donors (Lipinski definition) is 0. The van der Waals surface area contributed by atoms with Gasteiger partial charge in [0.1, 0.15) is 0 Å². The largest absolute Gasteiger partial charge is 0.331 e. The van der Waals surface area contributed by atoms with E-state index in [1.165, 1.54) is 11.8 Å². The number of amides is 1. The van der Waals surface area contributed by atoms with Crippen LogP contribution < -0.4 is 0 Å². The Hall–Kier alpha value is -1.62. The second kappa shape index (κ2) is 6.87. The zero-order chi connectivity index (χ0) is 16.3. The maximum atomic E-state index is 13.0. The van der Waals surface area contributed by atoms with E-state index in [1.54, 1.807) is 11.0 Å². The Balaban J connectivity index is 1.81. The monoisotopic (exact) mass is 333 g/mol. The van der Waals surface area contributed by atoms with Gasteiger partial charge in [0, 0.05) is 17.9 Å². The summed E-state index contributed by atoms with van der Waals surface area (Å²) in [6, 6.07) is 9.45. The molecule has 1 atom stereocenters. The Bertz CT molecular complexity index is 675. The molecule has 0 aromatic heterocycles. The van der Waals surface area contributed by atoms with Gasteiger partial charge in [0.25, 0.3) is 0 Å². The molecule has 1 aromatic carbocycles. The van der Waals surface area contributed by atoms with Gasteiger partial charge in [-0.15, -0.1) is 0 Å². The number of carbonyl (C=O) groups excluding carboxylic acids is 1. The fourth-order valence-electron chi connectivity index (χ4n) is 3.48. The van der Waals surface area contributed by atoms with E-state index in [0.717, 1.165) is 31.2 Å². The summed E-state index contributed by atoms with van der Waals surface area (Å²) in [6.45, 7) is 0.473. The van der Waals surface area contributed by atoms with Crippen molar-refractivity contribution in [3.05, 3.63) is 47.4 Å². The zero-order valence-corrected chi connectivity index (χ0v) is 14.0. The third-order valence-electron chi connectivity index (χ3n) is 4.74. The van der Waals surface area contributed by atoms with Crippen molar-refractivity contribution in [3.63, 3.8) is 0 Å². The molecule has 1 aliphatic heterocycles. The van der Waals surface area contributed by atoms with Crippen LogP contribution in [-0.2, 0) is 21.2 Å². The predicted octanol–water partition coefficient (Wildman–Crippen LogP) is 2.91. The summed E-state index contributed by atoms with van der Waals surface area (Å²) in [6.07, 6.45) is 6.89. The van der Waals surface area contributed by atoms with Crippen LogP contribution in [0.5, 0.6) is 0 Å². The van der Waals surface area contributed by atoms with Crippen molar-refractivity contribution < 1.29 is 13.2 Å². The van der Waals surface area contributed by atoms with Crippen molar-refractivity contribution >= 4 is 15.7 Å². The van der Waals surface area contributed by atoms with Gasteiger partial charge in [-0.3, -0.25) is 4.79 Å². The SMILES string of the molecule is O=C(C1CCCCC1)N(Cc1ccccc1)C1C=CS(=O)(=O)C1. The van der Waals surface area contributed by atoms with E-state index in [9.17, 15) is 13.2 Å². The van der Waals surface area contributed by atoms with Crippen LogP contribution in [0.4, 0.5) is 0 Å². The van der Waals surface area contributed by atoms with Crippen LogP contribution in [0.25, 0.3) is 0 Å². The van der Waals surface area contributed by atoms with E-state index < -0.39 is 9.84 Å². The number of nitrogens with zero attached hydrogens (tertiary/aromatic N) is 1. The second-order valence-electron chi connectivity index (χ2n) is 6.51. The molecule has 1 fully saturated rings. The topological polar surface area (TPSA) is 54.5 Å². The average Bonchev–Trinajstić information content (AvgIpc) is 2.93. The van der Waals surface area contributed by atoms with Crippen LogP contribution in [0.3, 0.4) is 0 Å². The van der Waals surface area contributed by atoms with Gasteiger partial charge in [-0.1, -0.05) is 49.6 Å². The van der Waals surface area contributed by atoms with Gasteiger partial charge in [0.15, 0.2) is 9.84 Å². The molecule has 1 heterocycles. The standard InChI is InChI=1S/C18H23NO3S/c20-18(16-9-5-2-6-10-16)19(13-15-7-3-1-4-8-15)17-11-12-23(21,22)14-17/h1,3-4,7-8,11-12,16-17H,2,5-6,9-10,13-14H2. The Morgan fingerprint density at radius 2 is 1.78 bits per heavy atom.